The van der Waals surface area contributed by atoms with Gasteiger partial charge < -0.3 is 14.8 Å². The van der Waals surface area contributed by atoms with Gasteiger partial charge in [-0.05, 0) is 40.5 Å². The third-order valence-electron chi connectivity index (χ3n) is 2.59. The third kappa shape index (κ3) is 5.61. The van der Waals surface area contributed by atoms with Crippen molar-refractivity contribution in [2.45, 2.75) is 19.8 Å². The number of benzene rings is 1. The van der Waals surface area contributed by atoms with E-state index in [0.29, 0.717) is 24.5 Å². The highest BCUT2D eigenvalue weighted by Gasteiger charge is 2.10. The van der Waals surface area contributed by atoms with E-state index in [1.165, 1.54) is 0 Å². The minimum atomic E-state index is -0.134. The number of unbranched alkanes of at least 4 members (excludes halogenated alkanes) is 1. The Labute approximate surface area is 122 Å². The molecule has 0 heterocycles. The van der Waals surface area contributed by atoms with Crippen LogP contribution in [0.2, 0.25) is 0 Å². The molecular formula is C14H20BrNO3. The molecule has 1 rings (SSSR count). The molecule has 0 aliphatic heterocycles. The Bertz CT molecular complexity index is 410. The number of halogens is 1. The molecule has 0 unspecified atom stereocenters. The van der Waals surface area contributed by atoms with Gasteiger partial charge in [-0.1, -0.05) is 13.3 Å². The zero-order valence-electron chi connectivity index (χ0n) is 11.4. The highest BCUT2D eigenvalue weighted by atomic mass is 79.9. The van der Waals surface area contributed by atoms with Gasteiger partial charge in [0.1, 0.15) is 5.75 Å². The monoisotopic (exact) mass is 329 g/mol. The smallest absolute Gasteiger partial charge is 0.252 e. The molecule has 0 saturated heterocycles. The minimum Gasteiger partial charge on any atom is -0.497 e. The van der Waals surface area contributed by atoms with Crippen LogP contribution in [0.15, 0.2) is 22.7 Å². The van der Waals surface area contributed by atoms with Crippen molar-refractivity contribution in [2.24, 2.45) is 0 Å². The molecule has 0 radical (unpaired) electrons. The predicted octanol–water partition coefficient (Wildman–Crippen LogP) is 3.00. The number of rotatable bonds is 8. The van der Waals surface area contributed by atoms with Gasteiger partial charge in [-0.3, -0.25) is 4.79 Å². The molecule has 0 spiro atoms. The van der Waals surface area contributed by atoms with Gasteiger partial charge >= 0.3 is 0 Å². The van der Waals surface area contributed by atoms with Crippen LogP contribution in [-0.2, 0) is 4.74 Å². The fourth-order valence-corrected chi connectivity index (χ4v) is 1.91. The van der Waals surface area contributed by atoms with Crippen LogP contribution in [0.25, 0.3) is 0 Å². The van der Waals surface area contributed by atoms with Gasteiger partial charge in [0.05, 0.1) is 19.3 Å². The van der Waals surface area contributed by atoms with E-state index >= 15 is 0 Å². The summed E-state index contributed by atoms with van der Waals surface area (Å²) in [6.07, 6.45) is 2.17. The summed E-state index contributed by atoms with van der Waals surface area (Å²) in [4.78, 5) is 12.0. The van der Waals surface area contributed by atoms with Crippen molar-refractivity contribution >= 4 is 21.8 Å². The van der Waals surface area contributed by atoms with Crippen molar-refractivity contribution in [3.05, 3.63) is 28.2 Å². The van der Waals surface area contributed by atoms with Gasteiger partial charge in [-0.25, -0.2) is 0 Å². The largest absolute Gasteiger partial charge is 0.497 e. The third-order valence-corrected chi connectivity index (χ3v) is 3.28. The molecule has 0 bridgehead atoms. The molecule has 0 fully saturated rings. The number of ether oxygens (including phenoxy) is 2. The van der Waals surface area contributed by atoms with E-state index in [9.17, 15) is 4.79 Å². The van der Waals surface area contributed by atoms with Crippen molar-refractivity contribution in [1.82, 2.24) is 5.32 Å². The number of amides is 1. The van der Waals surface area contributed by atoms with Gasteiger partial charge in [-0.2, -0.15) is 0 Å². The summed E-state index contributed by atoms with van der Waals surface area (Å²) in [5.41, 5.74) is 0.563. The second-order valence-corrected chi connectivity index (χ2v) is 4.92. The predicted molar refractivity (Wildman–Crippen MR) is 78.8 cm³/mol. The summed E-state index contributed by atoms with van der Waals surface area (Å²) < 4.78 is 11.2. The Morgan fingerprint density at radius 1 is 1.37 bits per heavy atom. The van der Waals surface area contributed by atoms with Crippen LogP contribution in [0, 0.1) is 0 Å². The first-order valence-corrected chi connectivity index (χ1v) is 7.17. The van der Waals surface area contributed by atoms with E-state index in [0.717, 1.165) is 23.9 Å². The highest BCUT2D eigenvalue weighted by Crippen LogP contribution is 2.22. The minimum absolute atomic E-state index is 0.134. The normalized spacial score (nSPS) is 10.3. The summed E-state index contributed by atoms with van der Waals surface area (Å²) in [5.74, 6) is 0.525. The maximum atomic E-state index is 12.0. The molecule has 106 valence electrons. The summed E-state index contributed by atoms with van der Waals surface area (Å²) in [5, 5.41) is 2.82. The first-order chi connectivity index (χ1) is 9.19. The molecule has 5 heteroatoms. The van der Waals surface area contributed by atoms with E-state index < -0.39 is 0 Å². The molecule has 1 aromatic carbocycles. The first kappa shape index (κ1) is 16.0. The van der Waals surface area contributed by atoms with Crippen LogP contribution in [0.1, 0.15) is 30.1 Å². The van der Waals surface area contributed by atoms with E-state index in [-0.39, 0.29) is 5.91 Å². The van der Waals surface area contributed by atoms with E-state index in [4.69, 9.17) is 9.47 Å². The lowest BCUT2D eigenvalue weighted by atomic mass is 10.2. The number of methoxy groups -OCH3 is 1. The van der Waals surface area contributed by atoms with Gasteiger partial charge in [0.25, 0.3) is 5.91 Å². The fourth-order valence-electron chi connectivity index (χ4n) is 1.49. The van der Waals surface area contributed by atoms with Crippen LogP contribution >= 0.6 is 15.9 Å². The van der Waals surface area contributed by atoms with E-state index in [1.54, 1.807) is 25.3 Å². The Kier molecular flexibility index (Phi) is 7.52. The van der Waals surface area contributed by atoms with Gasteiger partial charge in [0, 0.05) is 17.6 Å². The molecule has 0 saturated carbocycles. The quantitative estimate of drug-likeness (QED) is 0.746. The first-order valence-electron chi connectivity index (χ1n) is 6.38. The SMILES string of the molecule is CCCCOCCNC(=O)c1cc(OC)ccc1Br. The van der Waals surface area contributed by atoms with Crippen molar-refractivity contribution in [3.63, 3.8) is 0 Å². The summed E-state index contributed by atoms with van der Waals surface area (Å²) in [7, 11) is 1.58. The highest BCUT2D eigenvalue weighted by molar-refractivity contribution is 9.10. The average Bonchev–Trinajstić information content (AvgIpc) is 2.43. The number of hydrogen-bond acceptors (Lipinski definition) is 3. The lowest BCUT2D eigenvalue weighted by Crippen LogP contribution is -2.27. The van der Waals surface area contributed by atoms with Crippen molar-refractivity contribution < 1.29 is 14.3 Å². The Morgan fingerprint density at radius 3 is 2.84 bits per heavy atom. The topological polar surface area (TPSA) is 47.6 Å². The standard InChI is InChI=1S/C14H20BrNO3/c1-3-4-8-19-9-7-16-14(17)12-10-11(18-2)5-6-13(12)15/h5-6,10H,3-4,7-9H2,1-2H3,(H,16,17). The van der Waals surface area contributed by atoms with E-state index in [2.05, 4.69) is 28.2 Å². The zero-order chi connectivity index (χ0) is 14.1. The lowest BCUT2D eigenvalue weighted by molar-refractivity contribution is 0.0911. The number of carbonyl (C=O) groups excluding carboxylic acids is 1. The molecule has 19 heavy (non-hydrogen) atoms. The maximum absolute atomic E-state index is 12.0. The molecule has 0 aliphatic carbocycles. The molecule has 0 aliphatic rings. The van der Waals surface area contributed by atoms with Gasteiger partial charge in [-0.15, -0.1) is 0 Å². The molecule has 0 aromatic heterocycles. The van der Waals surface area contributed by atoms with Crippen molar-refractivity contribution in [1.29, 1.82) is 0 Å². The van der Waals surface area contributed by atoms with Gasteiger partial charge in [0.2, 0.25) is 0 Å². The fraction of sp³-hybridized carbons (Fsp3) is 0.500. The molecule has 1 N–H and O–H groups in total. The van der Waals surface area contributed by atoms with Crippen molar-refractivity contribution in [2.75, 3.05) is 26.9 Å². The van der Waals surface area contributed by atoms with Crippen LogP contribution in [0.5, 0.6) is 5.75 Å². The lowest BCUT2D eigenvalue weighted by Gasteiger charge is -2.09. The maximum Gasteiger partial charge on any atom is 0.252 e. The van der Waals surface area contributed by atoms with Crippen LogP contribution in [-0.4, -0.2) is 32.8 Å². The molecule has 1 aromatic rings. The van der Waals surface area contributed by atoms with Crippen LogP contribution in [0.3, 0.4) is 0 Å². The summed E-state index contributed by atoms with van der Waals surface area (Å²) >= 11 is 3.36. The number of hydrogen-bond donors (Lipinski definition) is 1. The van der Waals surface area contributed by atoms with Crippen LogP contribution in [0.4, 0.5) is 0 Å². The molecule has 1 amide bonds. The Balaban J connectivity index is 2.40. The summed E-state index contributed by atoms with van der Waals surface area (Å²) in [6.45, 7) is 3.90. The van der Waals surface area contributed by atoms with Gasteiger partial charge in [0.15, 0.2) is 0 Å². The second kappa shape index (κ2) is 8.93. The average molecular weight is 330 g/mol. The Morgan fingerprint density at radius 2 is 2.16 bits per heavy atom. The summed E-state index contributed by atoms with van der Waals surface area (Å²) in [6, 6.07) is 5.30. The molecule has 4 nitrogen and oxygen atoms in total. The molecule has 0 atom stereocenters. The zero-order valence-corrected chi connectivity index (χ0v) is 13.0. The van der Waals surface area contributed by atoms with E-state index in [1.807, 2.05) is 0 Å². The number of carbonyl (C=O) groups is 1. The second-order valence-electron chi connectivity index (χ2n) is 4.07. The van der Waals surface area contributed by atoms with Crippen LogP contribution < -0.4 is 10.1 Å². The Hall–Kier alpha value is -1.07. The molecular weight excluding hydrogens is 310 g/mol. The number of nitrogens with one attached hydrogen (secondary N) is 1. The van der Waals surface area contributed by atoms with Crippen molar-refractivity contribution in [3.8, 4) is 5.75 Å².